The van der Waals surface area contributed by atoms with E-state index in [2.05, 4.69) is 0 Å². The van der Waals surface area contributed by atoms with Crippen molar-refractivity contribution in [1.29, 1.82) is 0 Å². The standard InChI is InChI=1S/C12H18O3/c1-9(13)4-6-12(15)7-5-10(14)8-11(12,2)3/h4-7,9,13,15H,8H2,1-3H3. The second-order valence-corrected chi connectivity index (χ2v) is 4.79. The lowest BCUT2D eigenvalue weighted by Crippen LogP contribution is -2.45. The van der Waals surface area contributed by atoms with E-state index in [0.717, 1.165) is 0 Å². The van der Waals surface area contributed by atoms with Gasteiger partial charge in [-0.05, 0) is 19.1 Å². The van der Waals surface area contributed by atoms with Crippen molar-refractivity contribution < 1.29 is 15.0 Å². The molecule has 15 heavy (non-hydrogen) atoms. The first-order valence-corrected chi connectivity index (χ1v) is 5.09. The molecule has 0 amide bonds. The summed E-state index contributed by atoms with van der Waals surface area (Å²) in [6.45, 7) is 5.28. The summed E-state index contributed by atoms with van der Waals surface area (Å²) in [6.07, 6.45) is 5.69. The van der Waals surface area contributed by atoms with Crippen LogP contribution in [0.4, 0.5) is 0 Å². The van der Waals surface area contributed by atoms with Gasteiger partial charge in [-0.3, -0.25) is 4.79 Å². The van der Waals surface area contributed by atoms with Crippen LogP contribution in [0.25, 0.3) is 0 Å². The summed E-state index contributed by atoms with van der Waals surface area (Å²) in [6, 6.07) is 0. The van der Waals surface area contributed by atoms with Crippen LogP contribution < -0.4 is 0 Å². The molecule has 3 heteroatoms. The lowest BCUT2D eigenvalue weighted by atomic mass is 9.68. The summed E-state index contributed by atoms with van der Waals surface area (Å²) in [7, 11) is 0. The Labute approximate surface area is 90.1 Å². The molecule has 2 N–H and O–H groups in total. The molecular formula is C12H18O3. The number of aliphatic hydroxyl groups is 2. The van der Waals surface area contributed by atoms with Crippen molar-refractivity contribution in [3.05, 3.63) is 24.3 Å². The molecule has 0 bridgehead atoms. The van der Waals surface area contributed by atoms with Crippen molar-refractivity contribution in [2.45, 2.75) is 38.9 Å². The first kappa shape index (κ1) is 12.1. The Morgan fingerprint density at radius 2 is 2.13 bits per heavy atom. The Bertz CT molecular complexity index is 313. The number of allylic oxidation sites excluding steroid dienone is 1. The van der Waals surface area contributed by atoms with Crippen LogP contribution in [0, 0.1) is 5.41 Å². The number of hydrogen-bond donors (Lipinski definition) is 2. The van der Waals surface area contributed by atoms with E-state index in [0.29, 0.717) is 6.42 Å². The number of carbonyl (C=O) groups is 1. The maximum atomic E-state index is 11.2. The van der Waals surface area contributed by atoms with E-state index in [1.165, 1.54) is 18.2 Å². The Kier molecular flexibility index (Phi) is 3.16. The van der Waals surface area contributed by atoms with E-state index in [4.69, 9.17) is 5.11 Å². The molecular weight excluding hydrogens is 192 g/mol. The van der Waals surface area contributed by atoms with E-state index < -0.39 is 17.1 Å². The molecule has 0 heterocycles. The summed E-state index contributed by atoms with van der Waals surface area (Å²) in [5.74, 6) is 0.0233. The van der Waals surface area contributed by atoms with E-state index in [9.17, 15) is 9.90 Å². The SMILES string of the molecule is CC(O)C=CC1(O)C=CC(=O)CC1(C)C. The lowest BCUT2D eigenvalue weighted by Gasteiger charge is -2.40. The summed E-state index contributed by atoms with van der Waals surface area (Å²) in [4.78, 5) is 11.2. The highest BCUT2D eigenvalue weighted by Gasteiger charge is 2.43. The van der Waals surface area contributed by atoms with E-state index in [1.54, 1.807) is 13.0 Å². The highest BCUT2D eigenvalue weighted by Crippen LogP contribution is 2.39. The molecule has 2 atom stereocenters. The maximum absolute atomic E-state index is 11.2. The molecule has 1 aliphatic rings. The second kappa shape index (κ2) is 3.91. The van der Waals surface area contributed by atoms with Gasteiger partial charge in [0.15, 0.2) is 5.78 Å². The third-order valence-corrected chi connectivity index (χ3v) is 2.85. The molecule has 0 saturated carbocycles. The lowest BCUT2D eigenvalue weighted by molar-refractivity contribution is -0.120. The van der Waals surface area contributed by atoms with Gasteiger partial charge in [0.25, 0.3) is 0 Å². The third kappa shape index (κ3) is 2.55. The summed E-state index contributed by atoms with van der Waals surface area (Å²) >= 11 is 0. The number of rotatable bonds is 2. The molecule has 0 aliphatic heterocycles. The fourth-order valence-electron chi connectivity index (χ4n) is 1.65. The van der Waals surface area contributed by atoms with Gasteiger partial charge < -0.3 is 10.2 Å². The fourth-order valence-corrected chi connectivity index (χ4v) is 1.65. The molecule has 0 aromatic rings. The van der Waals surface area contributed by atoms with Crippen molar-refractivity contribution in [1.82, 2.24) is 0 Å². The van der Waals surface area contributed by atoms with Crippen LogP contribution in [0.5, 0.6) is 0 Å². The molecule has 1 rings (SSSR count). The summed E-state index contributed by atoms with van der Waals surface area (Å²) in [5, 5.41) is 19.5. The molecule has 0 aromatic carbocycles. The highest BCUT2D eigenvalue weighted by molar-refractivity contribution is 5.91. The molecule has 2 unspecified atom stereocenters. The maximum Gasteiger partial charge on any atom is 0.156 e. The first-order chi connectivity index (χ1) is 6.77. The average molecular weight is 210 g/mol. The Balaban J connectivity index is 3.00. The number of aliphatic hydroxyl groups excluding tert-OH is 1. The molecule has 84 valence electrons. The first-order valence-electron chi connectivity index (χ1n) is 5.09. The van der Waals surface area contributed by atoms with Gasteiger partial charge in [0.1, 0.15) is 5.60 Å². The van der Waals surface area contributed by atoms with Crippen molar-refractivity contribution >= 4 is 5.78 Å². The van der Waals surface area contributed by atoms with Gasteiger partial charge in [-0.15, -0.1) is 0 Å². The van der Waals surface area contributed by atoms with Crippen LogP contribution in [0.2, 0.25) is 0 Å². The normalized spacial score (nSPS) is 32.2. The van der Waals surface area contributed by atoms with Crippen LogP contribution in [0.3, 0.4) is 0 Å². The monoisotopic (exact) mass is 210 g/mol. The Hall–Kier alpha value is -0.930. The molecule has 0 fully saturated rings. The van der Waals surface area contributed by atoms with Gasteiger partial charge in [0.2, 0.25) is 0 Å². The zero-order chi connectivity index (χ0) is 11.7. The Morgan fingerprint density at radius 1 is 1.53 bits per heavy atom. The molecule has 1 aliphatic carbocycles. The predicted molar refractivity (Wildman–Crippen MR) is 58.3 cm³/mol. The van der Waals surface area contributed by atoms with Gasteiger partial charge in [-0.25, -0.2) is 0 Å². The number of ketones is 1. The molecule has 0 saturated heterocycles. The molecule has 0 spiro atoms. The van der Waals surface area contributed by atoms with Crippen molar-refractivity contribution in [3.63, 3.8) is 0 Å². The van der Waals surface area contributed by atoms with Crippen LogP contribution in [-0.4, -0.2) is 27.7 Å². The van der Waals surface area contributed by atoms with Crippen molar-refractivity contribution in [2.24, 2.45) is 5.41 Å². The van der Waals surface area contributed by atoms with Crippen LogP contribution >= 0.6 is 0 Å². The minimum Gasteiger partial charge on any atom is -0.389 e. The minimum atomic E-state index is -1.15. The van der Waals surface area contributed by atoms with Gasteiger partial charge in [0, 0.05) is 11.8 Å². The van der Waals surface area contributed by atoms with Crippen LogP contribution in [-0.2, 0) is 4.79 Å². The number of hydrogen-bond acceptors (Lipinski definition) is 3. The summed E-state index contributed by atoms with van der Waals surface area (Å²) < 4.78 is 0. The summed E-state index contributed by atoms with van der Waals surface area (Å²) in [5.41, 5.74) is -1.69. The molecule has 3 nitrogen and oxygen atoms in total. The largest absolute Gasteiger partial charge is 0.389 e. The number of carbonyl (C=O) groups excluding carboxylic acids is 1. The zero-order valence-electron chi connectivity index (χ0n) is 9.40. The smallest absolute Gasteiger partial charge is 0.156 e. The van der Waals surface area contributed by atoms with Gasteiger partial charge >= 0.3 is 0 Å². The quantitative estimate of drug-likeness (QED) is 0.673. The topological polar surface area (TPSA) is 57.5 Å². The van der Waals surface area contributed by atoms with E-state index in [-0.39, 0.29) is 5.78 Å². The molecule has 0 radical (unpaired) electrons. The van der Waals surface area contributed by atoms with Gasteiger partial charge in [0.05, 0.1) is 6.10 Å². The van der Waals surface area contributed by atoms with Crippen LogP contribution in [0.1, 0.15) is 27.2 Å². The Morgan fingerprint density at radius 3 is 2.60 bits per heavy atom. The van der Waals surface area contributed by atoms with E-state index in [1.807, 2.05) is 13.8 Å². The molecule has 0 aromatic heterocycles. The van der Waals surface area contributed by atoms with E-state index >= 15 is 0 Å². The van der Waals surface area contributed by atoms with Gasteiger partial charge in [-0.1, -0.05) is 26.0 Å². The predicted octanol–water partition coefficient (Wildman–Crippen LogP) is 1.21. The fraction of sp³-hybridized carbons (Fsp3) is 0.583. The zero-order valence-corrected chi connectivity index (χ0v) is 9.40. The second-order valence-electron chi connectivity index (χ2n) is 4.79. The van der Waals surface area contributed by atoms with Crippen molar-refractivity contribution in [2.75, 3.05) is 0 Å². The van der Waals surface area contributed by atoms with Crippen LogP contribution in [0.15, 0.2) is 24.3 Å². The highest BCUT2D eigenvalue weighted by atomic mass is 16.3. The minimum absolute atomic E-state index is 0.0233. The van der Waals surface area contributed by atoms with Crippen molar-refractivity contribution in [3.8, 4) is 0 Å². The average Bonchev–Trinajstić information content (AvgIpc) is 2.08. The van der Waals surface area contributed by atoms with Gasteiger partial charge in [-0.2, -0.15) is 0 Å². The third-order valence-electron chi connectivity index (χ3n) is 2.85.